The minimum Gasteiger partial charge on any atom is -0.336 e. The molecule has 1 fully saturated rings. The molecule has 0 saturated carbocycles. The lowest BCUT2D eigenvalue weighted by Gasteiger charge is -2.37. The largest absolute Gasteiger partial charge is 0.336 e. The molecule has 0 bridgehead atoms. The quantitative estimate of drug-likeness (QED) is 0.892. The highest BCUT2D eigenvalue weighted by Gasteiger charge is 2.33. The van der Waals surface area contributed by atoms with Gasteiger partial charge in [-0.15, -0.1) is 24.8 Å². The number of nitrogens with zero attached hydrogens (tertiary/aromatic N) is 5. The van der Waals surface area contributed by atoms with Crippen molar-refractivity contribution in [1.82, 2.24) is 29.5 Å². The Morgan fingerprint density at radius 3 is 2.74 bits per heavy atom. The lowest BCUT2D eigenvalue weighted by molar-refractivity contribution is -0.138. The Kier molecular flexibility index (Phi) is 7.05. The first kappa shape index (κ1) is 19.5. The molecule has 1 saturated heterocycles. The summed E-state index contributed by atoms with van der Waals surface area (Å²) in [6.45, 7) is 4.09. The van der Waals surface area contributed by atoms with Crippen molar-refractivity contribution >= 4 is 30.7 Å². The molecule has 2 aromatic rings. The van der Waals surface area contributed by atoms with E-state index >= 15 is 0 Å². The molecule has 1 amide bonds. The van der Waals surface area contributed by atoms with Crippen LogP contribution in [0.2, 0.25) is 0 Å². The number of hydrogen-bond acceptors (Lipinski definition) is 4. The van der Waals surface area contributed by atoms with Gasteiger partial charge in [0, 0.05) is 51.5 Å². The monoisotopic (exact) mass is 360 g/mol. The normalized spacial score (nSPS) is 18.7. The third-order valence-electron chi connectivity index (χ3n) is 3.96. The standard InChI is InChI=1S/C14H20N6O.2ClH/c1-11(20-7-3-4-17-20)14(21)19-9-5-15-10-12(19)13-16-6-8-18(13)2;;/h3-4,6-8,11-12,15H,5,9-10H2,1-2H3;2*1H. The minimum atomic E-state index is -0.305. The van der Waals surface area contributed by atoms with Crippen LogP contribution in [0.5, 0.6) is 0 Å². The van der Waals surface area contributed by atoms with Crippen LogP contribution in [0.25, 0.3) is 0 Å². The van der Waals surface area contributed by atoms with Gasteiger partial charge in [-0.25, -0.2) is 4.98 Å². The number of carbonyl (C=O) groups is 1. The van der Waals surface area contributed by atoms with E-state index in [1.165, 1.54) is 0 Å². The molecule has 1 aliphatic heterocycles. The summed E-state index contributed by atoms with van der Waals surface area (Å²) in [5.74, 6) is 0.983. The van der Waals surface area contributed by atoms with Crippen LogP contribution in [0.1, 0.15) is 24.8 Å². The Bertz CT molecular complexity index is 615. The van der Waals surface area contributed by atoms with E-state index in [-0.39, 0.29) is 42.8 Å². The van der Waals surface area contributed by atoms with E-state index in [4.69, 9.17) is 0 Å². The summed E-state index contributed by atoms with van der Waals surface area (Å²) in [7, 11) is 1.95. The maximum Gasteiger partial charge on any atom is 0.247 e. The van der Waals surface area contributed by atoms with Gasteiger partial charge in [0.2, 0.25) is 5.91 Å². The number of halogens is 2. The molecular formula is C14H22Cl2N6O. The van der Waals surface area contributed by atoms with Crippen LogP contribution in [0, 0.1) is 0 Å². The van der Waals surface area contributed by atoms with E-state index < -0.39 is 0 Å². The second-order valence-electron chi connectivity index (χ2n) is 5.31. The van der Waals surface area contributed by atoms with Gasteiger partial charge in [-0.2, -0.15) is 5.10 Å². The molecule has 1 aliphatic rings. The van der Waals surface area contributed by atoms with Crippen molar-refractivity contribution in [3.8, 4) is 0 Å². The van der Waals surface area contributed by atoms with Crippen molar-refractivity contribution in [3.63, 3.8) is 0 Å². The second kappa shape index (κ2) is 8.33. The SMILES string of the molecule is CC(C(=O)N1CCNCC1c1nccn1C)n1cccn1.Cl.Cl. The zero-order valence-corrected chi connectivity index (χ0v) is 14.8. The Morgan fingerprint density at radius 2 is 2.13 bits per heavy atom. The van der Waals surface area contributed by atoms with Crippen molar-refractivity contribution in [2.45, 2.75) is 19.0 Å². The first-order chi connectivity index (χ1) is 10.2. The number of aromatic nitrogens is 4. The molecule has 9 heteroatoms. The van der Waals surface area contributed by atoms with Crippen LogP contribution in [0.3, 0.4) is 0 Å². The van der Waals surface area contributed by atoms with E-state index in [0.29, 0.717) is 6.54 Å². The molecule has 0 radical (unpaired) electrons. The smallest absolute Gasteiger partial charge is 0.247 e. The second-order valence-corrected chi connectivity index (χ2v) is 5.31. The molecule has 0 aromatic carbocycles. The van der Waals surface area contributed by atoms with Gasteiger partial charge in [-0.3, -0.25) is 9.48 Å². The zero-order chi connectivity index (χ0) is 14.8. The van der Waals surface area contributed by atoms with Gasteiger partial charge < -0.3 is 14.8 Å². The number of piperazine rings is 1. The number of imidazole rings is 1. The number of rotatable bonds is 3. The average Bonchev–Trinajstić information content (AvgIpc) is 3.17. The molecule has 1 N–H and O–H groups in total. The summed E-state index contributed by atoms with van der Waals surface area (Å²) in [6, 6.07) is 1.49. The molecule has 23 heavy (non-hydrogen) atoms. The van der Waals surface area contributed by atoms with Gasteiger partial charge in [0.1, 0.15) is 17.9 Å². The van der Waals surface area contributed by atoms with Crippen LogP contribution in [0.15, 0.2) is 30.9 Å². The molecule has 2 atom stereocenters. The van der Waals surface area contributed by atoms with Crippen LogP contribution in [-0.4, -0.2) is 49.8 Å². The molecule has 2 aromatic heterocycles. The van der Waals surface area contributed by atoms with Crippen molar-refractivity contribution in [2.75, 3.05) is 19.6 Å². The maximum absolute atomic E-state index is 12.8. The summed E-state index contributed by atoms with van der Waals surface area (Å²) < 4.78 is 3.66. The molecule has 7 nitrogen and oxygen atoms in total. The average molecular weight is 361 g/mol. The summed E-state index contributed by atoms with van der Waals surface area (Å²) in [4.78, 5) is 19.1. The predicted octanol–water partition coefficient (Wildman–Crippen LogP) is 1.19. The summed E-state index contributed by atoms with van der Waals surface area (Å²) in [5.41, 5.74) is 0. The van der Waals surface area contributed by atoms with Crippen LogP contribution in [-0.2, 0) is 11.8 Å². The summed E-state index contributed by atoms with van der Waals surface area (Å²) >= 11 is 0. The molecule has 128 valence electrons. The van der Waals surface area contributed by atoms with Crippen LogP contribution >= 0.6 is 24.8 Å². The highest BCUT2D eigenvalue weighted by Crippen LogP contribution is 2.23. The molecule has 2 unspecified atom stereocenters. The maximum atomic E-state index is 12.8. The molecule has 0 aliphatic carbocycles. The van der Waals surface area contributed by atoms with E-state index in [9.17, 15) is 4.79 Å². The molecular weight excluding hydrogens is 339 g/mol. The lowest BCUT2D eigenvalue weighted by atomic mass is 10.1. The van der Waals surface area contributed by atoms with E-state index in [2.05, 4.69) is 15.4 Å². The van der Waals surface area contributed by atoms with Gasteiger partial charge in [0.15, 0.2) is 0 Å². The number of amides is 1. The van der Waals surface area contributed by atoms with Gasteiger partial charge in [0.25, 0.3) is 0 Å². The zero-order valence-electron chi connectivity index (χ0n) is 13.1. The third kappa shape index (κ3) is 3.85. The van der Waals surface area contributed by atoms with E-state index in [1.54, 1.807) is 17.1 Å². The van der Waals surface area contributed by atoms with E-state index in [0.717, 1.165) is 18.9 Å². The highest BCUT2D eigenvalue weighted by molar-refractivity contribution is 5.85. The lowest BCUT2D eigenvalue weighted by Crippen LogP contribution is -2.51. The fraction of sp³-hybridized carbons (Fsp3) is 0.500. The summed E-state index contributed by atoms with van der Waals surface area (Å²) in [6.07, 6.45) is 7.19. The Balaban J connectivity index is 0.00000132. The molecule has 3 rings (SSSR count). The fourth-order valence-electron chi connectivity index (χ4n) is 2.76. The van der Waals surface area contributed by atoms with Gasteiger partial charge in [-0.05, 0) is 13.0 Å². The first-order valence-corrected chi connectivity index (χ1v) is 7.16. The van der Waals surface area contributed by atoms with Gasteiger partial charge in [0.05, 0.1) is 0 Å². The Morgan fingerprint density at radius 1 is 1.35 bits per heavy atom. The number of hydrogen-bond donors (Lipinski definition) is 1. The van der Waals surface area contributed by atoms with E-state index in [1.807, 2.05) is 41.9 Å². The van der Waals surface area contributed by atoms with Crippen LogP contribution < -0.4 is 5.32 Å². The summed E-state index contributed by atoms with van der Waals surface area (Å²) in [5, 5.41) is 7.51. The fourth-order valence-corrected chi connectivity index (χ4v) is 2.76. The van der Waals surface area contributed by atoms with Crippen molar-refractivity contribution < 1.29 is 4.79 Å². The highest BCUT2D eigenvalue weighted by atomic mass is 35.5. The first-order valence-electron chi connectivity index (χ1n) is 7.16. The van der Waals surface area contributed by atoms with Crippen molar-refractivity contribution in [2.24, 2.45) is 7.05 Å². The number of aryl methyl sites for hydroxylation is 1. The van der Waals surface area contributed by atoms with Gasteiger partial charge in [-0.1, -0.05) is 0 Å². The molecule has 3 heterocycles. The minimum absolute atomic E-state index is 0. The Hall–Kier alpha value is -1.57. The van der Waals surface area contributed by atoms with Gasteiger partial charge >= 0.3 is 0 Å². The molecule has 0 spiro atoms. The number of carbonyl (C=O) groups excluding carboxylic acids is 1. The Labute approximate surface area is 147 Å². The predicted molar refractivity (Wildman–Crippen MR) is 92.0 cm³/mol. The number of nitrogens with one attached hydrogen (secondary N) is 1. The van der Waals surface area contributed by atoms with Crippen LogP contribution in [0.4, 0.5) is 0 Å². The third-order valence-corrected chi connectivity index (χ3v) is 3.96. The topological polar surface area (TPSA) is 68.0 Å². The van der Waals surface area contributed by atoms with Crippen molar-refractivity contribution in [1.29, 1.82) is 0 Å². The van der Waals surface area contributed by atoms with Crippen molar-refractivity contribution in [3.05, 3.63) is 36.7 Å².